The van der Waals surface area contributed by atoms with E-state index >= 15 is 0 Å². The van der Waals surface area contributed by atoms with Gasteiger partial charge in [0, 0.05) is 16.8 Å². The van der Waals surface area contributed by atoms with E-state index in [1.807, 2.05) is 0 Å². The molecule has 0 saturated heterocycles. The van der Waals surface area contributed by atoms with Gasteiger partial charge in [-0.2, -0.15) is 0 Å². The van der Waals surface area contributed by atoms with E-state index in [0.29, 0.717) is 0 Å². The van der Waals surface area contributed by atoms with E-state index in [9.17, 15) is 0 Å². The summed E-state index contributed by atoms with van der Waals surface area (Å²) in [5.74, 6) is 0.848. The molecule has 40 heavy (non-hydrogen) atoms. The van der Waals surface area contributed by atoms with Gasteiger partial charge in [-0.25, -0.2) is 4.57 Å². The van der Waals surface area contributed by atoms with Crippen LogP contribution >= 0.6 is 0 Å². The van der Waals surface area contributed by atoms with Crippen molar-refractivity contribution >= 4 is 59.8 Å². The van der Waals surface area contributed by atoms with Gasteiger partial charge in [0.1, 0.15) is 7.05 Å². The van der Waals surface area contributed by atoms with Crippen LogP contribution in [0.5, 0.6) is 0 Å². The van der Waals surface area contributed by atoms with Crippen LogP contribution in [-0.2, 0) is 19.9 Å². The molecule has 4 aromatic carbocycles. The molecule has 1 aliphatic rings. The van der Waals surface area contributed by atoms with Gasteiger partial charge in [0.15, 0.2) is 6.20 Å². The van der Waals surface area contributed by atoms with Gasteiger partial charge in [0.25, 0.3) is 0 Å². The summed E-state index contributed by atoms with van der Waals surface area (Å²) in [6.07, 6.45) is 10.1. The van der Waals surface area contributed by atoms with Crippen LogP contribution in [0.15, 0.2) is 66.9 Å². The number of pyridine rings is 2. The molecule has 0 N–H and O–H groups in total. The molecule has 1 aliphatic carbocycles. The maximum Gasteiger partial charge on any atom is 0.224 e. The minimum absolute atomic E-state index is 0.160. The van der Waals surface area contributed by atoms with Crippen LogP contribution in [0.4, 0.5) is 0 Å². The molecule has 0 aliphatic heterocycles. The Morgan fingerprint density at radius 2 is 1.60 bits per heavy atom. The Labute approximate surface area is 236 Å². The normalized spacial score (nSPS) is 15.3. The average Bonchev–Trinajstić information content (AvgIpc) is 3.56. The van der Waals surface area contributed by atoms with E-state index in [1.54, 1.807) is 0 Å². The lowest BCUT2D eigenvalue weighted by Gasteiger charge is -2.24. The van der Waals surface area contributed by atoms with Crippen LogP contribution in [0.1, 0.15) is 63.1 Å². The summed E-state index contributed by atoms with van der Waals surface area (Å²) in [5.41, 5.74) is 10.0. The van der Waals surface area contributed by atoms with Crippen molar-refractivity contribution in [1.82, 2.24) is 4.40 Å². The molecule has 0 radical (unpaired) electrons. The van der Waals surface area contributed by atoms with Crippen molar-refractivity contribution in [2.24, 2.45) is 18.4 Å². The number of hydrogen-bond donors (Lipinski definition) is 0. The summed E-state index contributed by atoms with van der Waals surface area (Å²) in [4.78, 5) is 0. The van der Waals surface area contributed by atoms with Crippen molar-refractivity contribution in [2.75, 3.05) is 0 Å². The van der Waals surface area contributed by atoms with Gasteiger partial charge in [-0.3, -0.25) is 0 Å². The highest BCUT2D eigenvalue weighted by Gasteiger charge is 2.28. The van der Waals surface area contributed by atoms with E-state index < -0.39 is 0 Å². The predicted octanol–water partition coefficient (Wildman–Crippen LogP) is 9.60. The zero-order valence-electron chi connectivity index (χ0n) is 24.6. The molecule has 0 atom stereocenters. The summed E-state index contributed by atoms with van der Waals surface area (Å²) < 4.78 is 5.03. The lowest BCUT2D eigenvalue weighted by molar-refractivity contribution is -0.643. The van der Waals surface area contributed by atoms with Crippen molar-refractivity contribution in [3.05, 3.63) is 83.6 Å². The highest BCUT2D eigenvalue weighted by molar-refractivity contribution is 6.29. The molecule has 0 bridgehead atoms. The summed E-state index contributed by atoms with van der Waals surface area (Å²) in [6, 6.07) is 23.5. The predicted molar refractivity (Wildman–Crippen MR) is 171 cm³/mol. The molecule has 7 aromatic rings. The van der Waals surface area contributed by atoms with Crippen molar-refractivity contribution in [1.29, 1.82) is 0 Å². The van der Waals surface area contributed by atoms with Gasteiger partial charge in [0.2, 0.25) is 5.52 Å². The SMILES string of the molecule is Cc1c2ccccc2c(CC(C)(C)C)c2c1c1c3c(ccc4c5cc(CC6CCCC6)ccc5n2c43)cc[n+]1C. The molecular formula is C38H39N2+. The smallest absolute Gasteiger partial charge is 0.224 e. The topological polar surface area (TPSA) is 8.29 Å². The third-order valence-corrected chi connectivity index (χ3v) is 9.81. The van der Waals surface area contributed by atoms with Gasteiger partial charge in [0.05, 0.1) is 27.3 Å². The second kappa shape index (κ2) is 8.43. The number of hydrogen-bond acceptors (Lipinski definition) is 0. The first-order valence-electron chi connectivity index (χ1n) is 15.2. The summed E-state index contributed by atoms with van der Waals surface area (Å²) in [7, 11) is 2.23. The van der Waals surface area contributed by atoms with Crippen molar-refractivity contribution in [3.63, 3.8) is 0 Å². The van der Waals surface area contributed by atoms with Crippen LogP contribution in [0, 0.1) is 18.3 Å². The van der Waals surface area contributed by atoms with E-state index in [4.69, 9.17) is 0 Å². The maximum absolute atomic E-state index is 2.66. The molecule has 0 unspecified atom stereocenters. The van der Waals surface area contributed by atoms with Crippen molar-refractivity contribution < 1.29 is 4.57 Å². The molecule has 0 spiro atoms. The average molecular weight is 524 g/mol. The number of aryl methyl sites for hydroxylation is 2. The summed E-state index contributed by atoms with van der Waals surface area (Å²) in [5, 5.41) is 9.69. The van der Waals surface area contributed by atoms with Crippen LogP contribution in [0.25, 0.3) is 59.8 Å². The molecule has 0 amide bonds. The zero-order chi connectivity index (χ0) is 27.3. The molecule has 3 aromatic heterocycles. The van der Waals surface area contributed by atoms with Crippen LogP contribution in [-0.4, -0.2) is 4.40 Å². The van der Waals surface area contributed by atoms with E-state index in [0.717, 1.165) is 12.3 Å². The van der Waals surface area contributed by atoms with Gasteiger partial charge in [-0.05, 0) is 76.1 Å². The first kappa shape index (κ1) is 24.2. The molecule has 1 saturated carbocycles. The quantitative estimate of drug-likeness (QED) is 0.124. The standard InChI is InChI=1S/C38H39N2/c1-23-27-12-8-9-13-28(27)31(22-38(2,3)4)36-33(23)37-34-26(18-19-39(37)5)15-16-29-30-21-25(20-24-10-6-7-11-24)14-17-32(30)40(36)35(29)34/h8-9,12-19,21,24H,6-7,10-11,20,22H2,1-5H3/q+1. The zero-order valence-corrected chi connectivity index (χ0v) is 24.6. The van der Waals surface area contributed by atoms with E-state index in [-0.39, 0.29) is 5.41 Å². The fourth-order valence-corrected chi connectivity index (χ4v) is 8.12. The number of fused-ring (bicyclic) bond motifs is 7. The molecule has 3 heterocycles. The van der Waals surface area contributed by atoms with Crippen LogP contribution < -0.4 is 4.57 Å². The molecule has 200 valence electrons. The van der Waals surface area contributed by atoms with Crippen LogP contribution in [0.3, 0.4) is 0 Å². The number of benzene rings is 4. The second-order valence-corrected chi connectivity index (χ2v) is 13.9. The first-order chi connectivity index (χ1) is 19.3. The summed E-state index contributed by atoms with van der Waals surface area (Å²) in [6.45, 7) is 9.48. The largest absolute Gasteiger partial charge is 0.307 e. The van der Waals surface area contributed by atoms with Crippen LogP contribution in [0.2, 0.25) is 0 Å². The third kappa shape index (κ3) is 3.38. The van der Waals surface area contributed by atoms with Gasteiger partial charge >= 0.3 is 0 Å². The van der Waals surface area contributed by atoms with E-state index in [2.05, 4.69) is 111 Å². The van der Waals surface area contributed by atoms with Crippen molar-refractivity contribution in [3.8, 4) is 0 Å². The van der Waals surface area contributed by atoms with Gasteiger partial charge in [-0.15, -0.1) is 0 Å². The Balaban J connectivity index is 1.63. The Morgan fingerprint density at radius 1 is 0.825 bits per heavy atom. The molecule has 8 rings (SSSR count). The minimum Gasteiger partial charge on any atom is -0.307 e. The Kier molecular flexibility index (Phi) is 5.09. The minimum atomic E-state index is 0.160. The molecule has 2 heteroatoms. The maximum atomic E-state index is 2.66. The molecule has 2 nitrogen and oxygen atoms in total. The Hall–Kier alpha value is -3.65. The highest BCUT2D eigenvalue weighted by Crippen LogP contribution is 2.45. The Bertz CT molecular complexity index is 2110. The van der Waals surface area contributed by atoms with Gasteiger partial charge < -0.3 is 4.40 Å². The van der Waals surface area contributed by atoms with Gasteiger partial charge in [-0.1, -0.05) is 88.9 Å². The third-order valence-electron chi connectivity index (χ3n) is 9.81. The molecule has 1 fully saturated rings. The van der Waals surface area contributed by atoms with E-state index in [1.165, 1.54) is 109 Å². The second-order valence-electron chi connectivity index (χ2n) is 13.9. The fourth-order valence-electron chi connectivity index (χ4n) is 8.12. The lowest BCUT2D eigenvalue weighted by atomic mass is 9.83. The fraction of sp³-hybridized carbons (Fsp3) is 0.342. The molecular weight excluding hydrogens is 484 g/mol. The van der Waals surface area contributed by atoms with Crippen molar-refractivity contribution in [2.45, 2.75) is 66.2 Å². The highest BCUT2D eigenvalue weighted by atomic mass is 15.0. The Morgan fingerprint density at radius 3 is 2.38 bits per heavy atom. The lowest BCUT2D eigenvalue weighted by Crippen LogP contribution is -2.29. The number of rotatable bonds is 3. The summed E-state index contributed by atoms with van der Waals surface area (Å²) >= 11 is 0. The number of nitrogens with zero attached hydrogens (tertiary/aromatic N) is 2. The monoisotopic (exact) mass is 523 g/mol. The first-order valence-corrected chi connectivity index (χ1v) is 15.2. The number of aromatic nitrogens is 2.